The van der Waals surface area contributed by atoms with E-state index in [1.165, 1.54) is 0 Å². The fourth-order valence-corrected chi connectivity index (χ4v) is 2.14. The van der Waals surface area contributed by atoms with Crippen LogP contribution < -0.4 is 5.32 Å². The quantitative estimate of drug-likeness (QED) is 0.638. The summed E-state index contributed by atoms with van der Waals surface area (Å²) in [5.74, 6) is 1.54. The molecule has 0 spiro atoms. The SMILES string of the molecule is CNCCCc1ncc(-c2ccc(I)c(Cl)c2)o1. The molecule has 0 atom stereocenters. The number of nitrogens with zero attached hydrogens (tertiary/aromatic N) is 1. The van der Waals surface area contributed by atoms with Crippen LogP contribution >= 0.6 is 34.2 Å². The van der Waals surface area contributed by atoms with Gasteiger partial charge in [-0.3, -0.25) is 0 Å². The molecule has 1 aromatic heterocycles. The van der Waals surface area contributed by atoms with Crippen molar-refractivity contribution in [3.63, 3.8) is 0 Å². The number of nitrogens with one attached hydrogen (secondary N) is 1. The summed E-state index contributed by atoms with van der Waals surface area (Å²) in [5.41, 5.74) is 0.966. The van der Waals surface area contributed by atoms with Gasteiger partial charge in [-0.1, -0.05) is 17.7 Å². The van der Waals surface area contributed by atoms with Gasteiger partial charge in [0.05, 0.1) is 11.2 Å². The lowest BCUT2D eigenvalue weighted by Gasteiger charge is -1.99. The van der Waals surface area contributed by atoms with E-state index in [2.05, 4.69) is 32.9 Å². The molecular formula is C13H14ClIN2O. The molecule has 2 rings (SSSR count). The molecule has 0 radical (unpaired) electrons. The van der Waals surface area contributed by atoms with Crippen LogP contribution in [0.4, 0.5) is 0 Å². The van der Waals surface area contributed by atoms with Crippen LogP contribution in [0.3, 0.4) is 0 Å². The van der Waals surface area contributed by atoms with Gasteiger partial charge in [-0.15, -0.1) is 0 Å². The van der Waals surface area contributed by atoms with Crippen LogP contribution in [0, 0.1) is 3.57 Å². The molecule has 0 fully saturated rings. The summed E-state index contributed by atoms with van der Waals surface area (Å²) in [5, 5.41) is 3.84. The Morgan fingerprint density at radius 3 is 3.00 bits per heavy atom. The third-order valence-corrected chi connectivity index (χ3v) is 4.15. The first-order chi connectivity index (χ1) is 8.70. The molecule has 96 valence electrons. The highest BCUT2D eigenvalue weighted by Gasteiger charge is 2.07. The zero-order valence-corrected chi connectivity index (χ0v) is 13.0. The van der Waals surface area contributed by atoms with E-state index in [0.29, 0.717) is 0 Å². The summed E-state index contributed by atoms with van der Waals surface area (Å²) in [4.78, 5) is 4.28. The highest BCUT2D eigenvalue weighted by Crippen LogP contribution is 2.27. The Hall–Kier alpha value is -0.590. The number of aryl methyl sites for hydroxylation is 1. The molecule has 0 saturated carbocycles. The van der Waals surface area contributed by atoms with Gasteiger partial charge in [0.2, 0.25) is 0 Å². The molecule has 1 heterocycles. The first-order valence-electron chi connectivity index (χ1n) is 5.75. The minimum Gasteiger partial charge on any atom is -0.441 e. The zero-order valence-electron chi connectivity index (χ0n) is 10.0. The second-order valence-electron chi connectivity index (χ2n) is 3.95. The maximum Gasteiger partial charge on any atom is 0.194 e. The van der Waals surface area contributed by atoms with Crippen molar-refractivity contribution in [2.75, 3.05) is 13.6 Å². The first kappa shape index (κ1) is 13.8. The van der Waals surface area contributed by atoms with Gasteiger partial charge >= 0.3 is 0 Å². The van der Waals surface area contributed by atoms with Gasteiger partial charge < -0.3 is 9.73 Å². The minimum atomic E-state index is 0.737. The third kappa shape index (κ3) is 3.46. The van der Waals surface area contributed by atoms with Crippen LogP contribution in [-0.4, -0.2) is 18.6 Å². The molecule has 0 aliphatic carbocycles. The van der Waals surface area contributed by atoms with E-state index < -0.39 is 0 Å². The van der Waals surface area contributed by atoms with Crippen molar-refractivity contribution in [2.45, 2.75) is 12.8 Å². The van der Waals surface area contributed by atoms with E-state index in [1.807, 2.05) is 25.2 Å². The zero-order chi connectivity index (χ0) is 13.0. The highest BCUT2D eigenvalue weighted by atomic mass is 127. The van der Waals surface area contributed by atoms with Crippen molar-refractivity contribution in [1.29, 1.82) is 0 Å². The average molecular weight is 377 g/mol. The van der Waals surface area contributed by atoms with Gasteiger partial charge in [0.25, 0.3) is 0 Å². The molecule has 5 heteroatoms. The number of oxazole rings is 1. The van der Waals surface area contributed by atoms with Crippen molar-refractivity contribution in [3.8, 4) is 11.3 Å². The van der Waals surface area contributed by atoms with E-state index in [9.17, 15) is 0 Å². The second kappa shape index (κ2) is 6.54. The Morgan fingerprint density at radius 2 is 2.28 bits per heavy atom. The minimum absolute atomic E-state index is 0.737. The fraction of sp³-hybridized carbons (Fsp3) is 0.308. The predicted octanol–water partition coefficient (Wildman–Crippen LogP) is 3.75. The second-order valence-corrected chi connectivity index (χ2v) is 5.52. The molecule has 1 N–H and O–H groups in total. The lowest BCUT2D eigenvalue weighted by atomic mass is 10.2. The third-order valence-electron chi connectivity index (χ3n) is 2.58. The van der Waals surface area contributed by atoms with Crippen molar-refractivity contribution in [2.24, 2.45) is 0 Å². The molecule has 0 bridgehead atoms. The summed E-state index contributed by atoms with van der Waals surface area (Å²) < 4.78 is 6.75. The lowest BCUT2D eigenvalue weighted by Crippen LogP contribution is -2.08. The number of benzene rings is 1. The standard InChI is InChI=1S/C13H14ClIN2O/c1-16-6-2-3-13-17-8-12(18-13)9-4-5-11(15)10(14)7-9/h4-5,7-8,16H,2-3,6H2,1H3. The van der Waals surface area contributed by atoms with Crippen LogP contribution in [0.5, 0.6) is 0 Å². The predicted molar refractivity (Wildman–Crippen MR) is 81.9 cm³/mol. The van der Waals surface area contributed by atoms with Crippen molar-refractivity contribution in [1.82, 2.24) is 10.3 Å². The van der Waals surface area contributed by atoms with E-state index in [-0.39, 0.29) is 0 Å². The average Bonchev–Trinajstić information content (AvgIpc) is 2.82. The van der Waals surface area contributed by atoms with Crippen molar-refractivity contribution >= 4 is 34.2 Å². The highest BCUT2D eigenvalue weighted by molar-refractivity contribution is 14.1. The van der Waals surface area contributed by atoms with Crippen LogP contribution in [0.15, 0.2) is 28.8 Å². The Balaban J connectivity index is 2.11. The summed E-state index contributed by atoms with van der Waals surface area (Å²) >= 11 is 8.30. The molecule has 2 aromatic rings. The largest absolute Gasteiger partial charge is 0.441 e. The fourth-order valence-electron chi connectivity index (χ4n) is 1.63. The molecule has 18 heavy (non-hydrogen) atoms. The Kier molecular flexibility index (Phi) is 5.03. The maximum absolute atomic E-state index is 6.10. The van der Waals surface area contributed by atoms with Gasteiger partial charge in [0.1, 0.15) is 0 Å². The van der Waals surface area contributed by atoms with Gasteiger partial charge in [-0.2, -0.15) is 0 Å². The smallest absolute Gasteiger partial charge is 0.194 e. The van der Waals surface area contributed by atoms with Gasteiger partial charge in [-0.25, -0.2) is 4.98 Å². The van der Waals surface area contributed by atoms with Crippen LogP contribution in [0.25, 0.3) is 11.3 Å². The van der Waals surface area contributed by atoms with Gasteiger partial charge in [0, 0.05) is 15.6 Å². The van der Waals surface area contributed by atoms with E-state index in [0.717, 1.165) is 45.2 Å². The van der Waals surface area contributed by atoms with Crippen LogP contribution in [0.1, 0.15) is 12.3 Å². The normalized spacial score (nSPS) is 10.8. The Bertz CT molecular complexity index is 527. The van der Waals surface area contributed by atoms with Crippen LogP contribution in [0.2, 0.25) is 5.02 Å². The van der Waals surface area contributed by atoms with E-state index in [4.69, 9.17) is 16.0 Å². The topological polar surface area (TPSA) is 38.1 Å². The number of rotatable bonds is 5. The Labute approximate surface area is 125 Å². The summed E-state index contributed by atoms with van der Waals surface area (Å²) in [6.45, 7) is 0.965. The molecular weight excluding hydrogens is 363 g/mol. The summed E-state index contributed by atoms with van der Waals surface area (Å²) in [7, 11) is 1.94. The molecule has 0 amide bonds. The van der Waals surface area contributed by atoms with Crippen molar-refractivity contribution < 1.29 is 4.42 Å². The number of hydrogen-bond acceptors (Lipinski definition) is 3. The number of hydrogen-bond donors (Lipinski definition) is 1. The molecule has 0 saturated heterocycles. The molecule has 0 unspecified atom stereocenters. The molecule has 3 nitrogen and oxygen atoms in total. The first-order valence-corrected chi connectivity index (χ1v) is 7.21. The number of halogens is 2. The summed E-state index contributed by atoms with van der Waals surface area (Å²) in [6.07, 6.45) is 3.62. The Morgan fingerprint density at radius 1 is 1.44 bits per heavy atom. The maximum atomic E-state index is 6.10. The molecule has 0 aliphatic heterocycles. The van der Waals surface area contributed by atoms with Crippen LogP contribution in [-0.2, 0) is 6.42 Å². The molecule has 1 aromatic carbocycles. The lowest BCUT2D eigenvalue weighted by molar-refractivity contribution is 0.495. The van der Waals surface area contributed by atoms with Gasteiger partial charge in [-0.05, 0) is 54.7 Å². The van der Waals surface area contributed by atoms with Gasteiger partial charge in [0.15, 0.2) is 11.7 Å². The van der Waals surface area contributed by atoms with Crippen molar-refractivity contribution in [3.05, 3.63) is 38.9 Å². The van der Waals surface area contributed by atoms with E-state index >= 15 is 0 Å². The monoisotopic (exact) mass is 376 g/mol. The van der Waals surface area contributed by atoms with E-state index in [1.54, 1.807) is 6.20 Å². The number of aromatic nitrogens is 1. The molecule has 0 aliphatic rings. The summed E-state index contributed by atoms with van der Waals surface area (Å²) in [6, 6.07) is 5.87.